The number of alkyl halides is 1. The van der Waals surface area contributed by atoms with Crippen LogP contribution in [0, 0.1) is 5.41 Å². The summed E-state index contributed by atoms with van der Waals surface area (Å²) in [6.07, 6.45) is 4.28. The Hall–Kier alpha value is -0.390. The van der Waals surface area contributed by atoms with Gasteiger partial charge < -0.3 is 0 Å². The minimum atomic E-state index is -3.42. The molecule has 0 radical (unpaired) electrons. The van der Waals surface area contributed by atoms with Crippen LogP contribution in [0.25, 0.3) is 0 Å². The minimum Gasteiger partial charge on any atom is -0.208 e. The zero-order valence-corrected chi connectivity index (χ0v) is 14.4. The maximum atomic E-state index is 12.5. The van der Waals surface area contributed by atoms with E-state index in [0.29, 0.717) is 4.90 Å². The lowest BCUT2D eigenvalue weighted by molar-refractivity contribution is 0.188. The fourth-order valence-corrected chi connectivity index (χ4v) is 4.54. The number of nitrogens with one attached hydrogen (secondary N) is 1. The summed E-state index contributed by atoms with van der Waals surface area (Å²) in [7, 11) is -3.42. The molecule has 1 aliphatic carbocycles. The summed E-state index contributed by atoms with van der Waals surface area (Å²) in [6.45, 7) is 4.29. The van der Waals surface area contributed by atoms with Gasteiger partial charge in [-0.05, 0) is 36.0 Å². The normalized spacial score (nSPS) is 22.6. The standard InChI is InChI=1S/C15H22BrNO2S/c1-15(2)10-4-3-5-14(15)17-20(18,19)13-8-6-12(11-16)7-9-13/h6-9,14,17H,3-5,10-11H2,1-2H3. The highest BCUT2D eigenvalue weighted by Crippen LogP contribution is 2.36. The van der Waals surface area contributed by atoms with Crippen LogP contribution in [0.4, 0.5) is 0 Å². The highest BCUT2D eigenvalue weighted by molar-refractivity contribution is 9.08. The van der Waals surface area contributed by atoms with Gasteiger partial charge in [0, 0.05) is 11.4 Å². The number of halogens is 1. The van der Waals surface area contributed by atoms with E-state index >= 15 is 0 Å². The highest BCUT2D eigenvalue weighted by Gasteiger charge is 2.35. The fraction of sp³-hybridized carbons (Fsp3) is 0.600. The molecule has 0 heterocycles. The van der Waals surface area contributed by atoms with Gasteiger partial charge in [-0.25, -0.2) is 13.1 Å². The summed E-state index contributed by atoms with van der Waals surface area (Å²) < 4.78 is 27.8. The molecule has 1 atom stereocenters. The van der Waals surface area contributed by atoms with E-state index < -0.39 is 10.0 Å². The maximum Gasteiger partial charge on any atom is 0.240 e. The Morgan fingerprint density at radius 1 is 1.25 bits per heavy atom. The molecule has 5 heteroatoms. The van der Waals surface area contributed by atoms with Crippen LogP contribution in [-0.2, 0) is 15.4 Å². The fourth-order valence-electron chi connectivity index (χ4n) is 2.73. The number of hydrogen-bond acceptors (Lipinski definition) is 2. The Morgan fingerprint density at radius 3 is 2.45 bits per heavy atom. The molecule has 0 saturated heterocycles. The summed E-state index contributed by atoms with van der Waals surface area (Å²) >= 11 is 3.36. The molecule has 20 heavy (non-hydrogen) atoms. The van der Waals surface area contributed by atoms with Crippen molar-refractivity contribution in [1.29, 1.82) is 0 Å². The van der Waals surface area contributed by atoms with Gasteiger partial charge in [0.05, 0.1) is 4.90 Å². The lowest BCUT2D eigenvalue weighted by Crippen LogP contribution is -2.46. The predicted octanol–water partition coefficient (Wildman–Crippen LogP) is 3.83. The van der Waals surface area contributed by atoms with Crippen molar-refractivity contribution in [2.24, 2.45) is 5.41 Å². The summed E-state index contributed by atoms with van der Waals surface area (Å²) in [6, 6.07) is 7.06. The summed E-state index contributed by atoms with van der Waals surface area (Å²) in [5.41, 5.74) is 1.10. The van der Waals surface area contributed by atoms with Gasteiger partial charge in [-0.1, -0.05) is 54.8 Å². The minimum absolute atomic E-state index is 0.0251. The van der Waals surface area contributed by atoms with Gasteiger partial charge in [0.25, 0.3) is 0 Å². The molecule has 1 unspecified atom stereocenters. The van der Waals surface area contributed by atoms with Gasteiger partial charge in [0.2, 0.25) is 10.0 Å². The maximum absolute atomic E-state index is 12.5. The Balaban J connectivity index is 2.17. The molecule has 1 saturated carbocycles. The molecule has 112 valence electrons. The zero-order valence-electron chi connectivity index (χ0n) is 12.0. The lowest BCUT2D eigenvalue weighted by atomic mass is 9.74. The molecule has 0 spiro atoms. The van der Waals surface area contributed by atoms with Crippen molar-refractivity contribution in [2.45, 2.75) is 55.8 Å². The van der Waals surface area contributed by atoms with Gasteiger partial charge in [0.1, 0.15) is 0 Å². The van der Waals surface area contributed by atoms with E-state index in [0.717, 1.165) is 30.2 Å². The Bertz CT molecular complexity index is 552. The van der Waals surface area contributed by atoms with Crippen LogP contribution in [0.1, 0.15) is 45.1 Å². The van der Waals surface area contributed by atoms with Gasteiger partial charge >= 0.3 is 0 Å². The van der Waals surface area contributed by atoms with E-state index in [9.17, 15) is 8.42 Å². The highest BCUT2D eigenvalue weighted by atomic mass is 79.9. The molecule has 1 fully saturated rings. The molecule has 0 aliphatic heterocycles. The Labute approximate surface area is 130 Å². The van der Waals surface area contributed by atoms with Crippen LogP contribution in [0.5, 0.6) is 0 Å². The number of sulfonamides is 1. The average Bonchev–Trinajstić information content (AvgIpc) is 2.41. The van der Waals surface area contributed by atoms with E-state index in [4.69, 9.17) is 0 Å². The Morgan fingerprint density at radius 2 is 1.90 bits per heavy atom. The van der Waals surface area contributed by atoms with Crippen molar-refractivity contribution < 1.29 is 8.42 Å². The molecule has 1 aromatic rings. The summed E-state index contributed by atoms with van der Waals surface area (Å²) in [4.78, 5) is 0.351. The molecule has 3 nitrogen and oxygen atoms in total. The van der Waals surface area contributed by atoms with Gasteiger partial charge in [-0.15, -0.1) is 0 Å². The smallest absolute Gasteiger partial charge is 0.208 e. The topological polar surface area (TPSA) is 46.2 Å². The van der Waals surface area contributed by atoms with Gasteiger partial charge in [-0.3, -0.25) is 0 Å². The number of benzene rings is 1. The largest absolute Gasteiger partial charge is 0.240 e. The molecular formula is C15H22BrNO2S. The van der Waals surface area contributed by atoms with Crippen LogP contribution < -0.4 is 4.72 Å². The number of rotatable bonds is 4. The van der Waals surface area contributed by atoms with E-state index in [2.05, 4.69) is 34.5 Å². The average molecular weight is 360 g/mol. The number of hydrogen-bond donors (Lipinski definition) is 1. The SMILES string of the molecule is CC1(C)CCCCC1NS(=O)(=O)c1ccc(CBr)cc1. The van der Waals surface area contributed by atoms with E-state index in [-0.39, 0.29) is 11.5 Å². The van der Waals surface area contributed by atoms with Crippen molar-refractivity contribution in [2.75, 3.05) is 0 Å². The molecule has 0 aromatic heterocycles. The van der Waals surface area contributed by atoms with E-state index in [1.165, 1.54) is 6.42 Å². The molecule has 1 N–H and O–H groups in total. The molecule has 2 rings (SSSR count). The van der Waals surface area contributed by atoms with Crippen LogP contribution in [0.3, 0.4) is 0 Å². The molecular weight excluding hydrogens is 338 g/mol. The second kappa shape index (κ2) is 6.16. The van der Waals surface area contributed by atoms with E-state index in [1.807, 2.05) is 12.1 Å². The first-order valence-corrected chi connectivity index (χ1v) is 9.63. The predicted molar refractivity (Wildman–Crippen MR) is 85.4 cm³/mol. The second-order valence-corrected chi connectivity index (χ2v) is 8.46. The third-order valence-electron chi connectivity index (χ3n) is 4.19. The second-order valence-electron chi connectivity index (χ2n) is 6.19. The van der Waals surface area contributed by atoms with Crippen molar-refractivity contribution in [3.63, 3.8) is 0 Å². The van der Waals surface area contributed by atoms with Gasteiger partial charge in [0.15, 0.2) is 0 Å². The van der Waals surface area contributed by atoms with Crippen molar-refractivity contribution in [1.82, 2.24) is 4.72 Å². The Kier molecular flexibility index (Phi) is 4.92. The first-order valence-electron chi connectivity index (χ1n) is 7.02. The van der Waals surface area contributed by atoms with Crippen LogP contribution in [-0.4, -0.2) is 14.5 Å². The van der Waals surface area contributed by atoms with Crippen molar-refractivity contribution in [3.05, 3.63) is 29.8 Å². The quantitative estimate of drug-likeness (QED) is 0.830. The molecule has 0 amide bonds. The first-order chi connectivity index (χ1) is 9.35. The van der Waals surface area contributed by atoms with Gasteiger partial charge in [-0.2, -0.15) is 0 Å². The van der Waals surface area contributed by atoms with Crippen molar-refractivity contribution >= 4 is 26.0 Å². The van der Waals surface area contributed by atoms with Crippen LogP contribution in [0.15, 0.2) is 29.2 Å². The lowest BCUT2D eigenvalue weighted by Gasteiger charge is -2.38. The monoisotopic (exact) mass is 359 g/mol. The van der Waals surface area contributed by atoms with E-state index in [1.54, 1.807) is 12.1 Å². The third-order valence-corrected chi connectivity index (χ3v) is 6.33. The van der Waals surface area contributed by atoms with Crippen LogP contribution in [0.2, 0.25) is 0 Å². The first kappa shape index (κ1) is 16.0. The third kappa shape index (κ3) is 3.62. The summed E-state index contributed by atoms with van der Waals surface area (Å²) in [5.74, 6) is 0. The zero-order chi connectivity index (χ0) is 14.8. The molecule has 0 bridgehead atoms. The molecule has 1 aliphatic rings. The van der Waals surface area contributed by atoms with Crippen molar-refractivity contribution in [3.8, 4) is 0 Å². The van der Waals surface area contributed by atoms with Crippen LogP contribution >= 0.6 is 15.9 Å². The summed E-state index contributed by atoms with van der Waals surface area (Å²) in [5, 5.41) is 0.733. The molecule has 1 aromatic carbocycles.